The summed E-state index contributed by atoms with van der Waals surface area (Å²) in [5, 5.41) is 0. The first-order chi connectivity index (χ1) is 10.3. The van der Waals surface area contributed by atoms with Crippen LogP contribution < -0.4 is 4.74 Å². The summed E-state index contributed by atoms with van der Waals surface area (Å²) in [5.41, 5.74) is 2.95. The first-order valence-corrected chi connectivity index (χ1v) is 7.09. The van der Waals surface area contributed by atoms with Crippen LogP contribution in [0.2, 0.25) is 0 Å². The summed E-state index contributed by atoms with van der Waals surface area (Å²) in [6, 6.07) is 15.7. The van der Waals surface area contributed by atoms with Gasteiger partial charge in [0.25, 0.3) is 0 Å². The molecule has 0 bridgehead atoms. The number of benzene rings is 2. The van der Waals surface area contributed by atoms with Crippen molar-refractivity contribution in [3.8, 4) is 17.6 Å². The van der Waals surface area contributed by atoms with E-state index in [0.29, 0.717) is 0 Å². The Morgan fingerprint density at radius 2 is 1.86 bits per heavy atom. The van der Waals surface area contributed by atoms with E-state index in [-0.39, 0.29) is 0 Å². The zero-order chi connectivity index (χ0) is 14.9. The van der Waals surface area contributed by atoms with Crippen molar-refractivity contribution < 1.29 is 4.74 Å². The predicted molar refractivity (Wildman–Crippen MR) is 88.5 cm³/mol. The second-order valence-electron chi connectivity index (χ2n) is 4.60. The maximum absolute atomic E-state index is 5.14. The minimum atomic E-state index is 0.833. The molecule has 0 unspecified atom stereocenters. The molecule has 0 atom stereocenters. The molecule has 0 aliphatic carbocycles. The molecule has 0 N–H and O–H groups in total. The van der Waals surface area contributed by atoms with E-state index in [0.717, 1.165) is 35.4 Å². The highest BCUT2D eigenvalue weighted by atomic mass is 16.5. The molecule has 0 aromatic heterocycles. The van der Waals surface area contributed by atoms with E-state index in [4.69, 9.17) is 4.74 Å². The molecule has 21 heavy (non-hydrogen) atoms. The molecule has 0 aliphatic heterocycles. The number of hydrogen-bond acceptors (Lipinski definition) is 2. The second-order valence-corrected chi connectivity index (χ2v) is 4.60. The Bertz CT molecular complexity index is 660. The fourth-order valence-electron chi connectivity index (χ4n) is 1.82. The van der Waals surface area contributed by atoms with Crippen molar-refractivity contribution in [2.75, 3.05) is 7.11 Å². The molecule has 106 valence electrons. The van der Waals surface area contributed by atoms with Crippen molar-refractivity contribution >= 4 is 11.9 Å². The minimum absolute atomic E-state index is 0.833. The molecule has 2 heteroatoms. The zero-order valence-corrected chi connectivity index (χ0v) is 12.5. The summed E-state index contributed by atoms with van der Waals surface area (Å²) in [6.45, 7) is 2.13. The third-order valence-electron chi connectivity index (χ3n) is 2.98. The van der Waals surface area contributed by atoms with E-state index >= 15 is 0 Å². The maximum Gasteiger partial charge on any atom is 0.119 e. The van der Waals surface area contributed by atoms with Crippen molar-refractivity contribution in [2.45, 2.75) is 19.8 Å². The first-order valence-electron chi connectivity index (χ1n) is 7.09. The van der Waals surface area contributed by atoms with Gasteiger partial charge in [-0.1, -0.05) is 37.0 Å². The topological polar surface area (TPSA) is 21.6 Å². The largest absolute Gasteiger partial charge is 0.497 e. The first kappa shape index (κ1) is 14.9. The van der Waals surface area contributed by atoms with Gasteiger partial charge in [0, 0.05) is 23.8 Å². The van der Waals surface area contributed by atoms with Crippen LogP contribution in [0.25, 0.3) is 0 Å². The molecular weight excluding hydrogens is 258 g/mol. The molecule has 0 saturated carbocycles. The lowest BCUT2D eigenvalue weighted by molar-refractivity contribution is 0.415. The second kappa shape index (κ2) is 7.91. The van der Waals surface area contributed by atoms with Gasteiger partial charge in [-0.15, -0.1) is 0 Å². The predicted octanol–water partition coefficient (Wildman–Crippen LogP) is 4.60. The molecular formula is C19H19NO. The van der Waals surface area contributed by atoms with E-state index in [1.165, 1.54) is 0 Å². The SMILES string of the molecule is CCCC#Cc1ccccc1C=Nc1ccc(OC)cc1. The molecule has 2 nitrogen and oxygen atoms in total. The van der Waals surface area contributed by atoms with Crippen LogP contribution in [-0.2, 0) is 0 Å². The molecule has 0 fully saturated rings. The number of unbranched alkanes of at least 4 members (excludes halogenated alkanes) is 1. The average molecular weight is 277 g/mol. The van der Waals surface area contributed by atoms with Gasteiger partial charge in [-0.25, -0.2) is 0 Å². The Labute approximate surface area is 126 Å². The van der Waals surface area contributed by atoms with Crippen LogP contribution in [0.5, 0.6) is 5.75 Å². The Morgan fingerprint density at radius 3 is 2.57 bits per heavy atom. The van der Waals surface area contributed by atoms with E-state index < -0.39 is 0 Å². The van der Waals surface area contributed by atoms with Crippen LogP contribution in [0, 0.1) is 11.8 Å². The molecule has 2 aromatic rings. The molecule has 2 rings (SSSR count). The number of rotatable bonds is 4. The van der Waals surface area contributed by atoms with E-state index in [1.54, 1.807) is 7.11 Å². The highest BCUT2D eigenvalue weighted by Crippen LogP contribution is 2.17. The van der Waals surface area contributed by atoms with Crippen LogP contribution in [0.1, 0.15) is 30.9 Å². The minimum Gasteiger partial charge on any atom is -0.497 e. The van der Waals surface area contributed by atoms with Gasteiger partial charge >= 0.3 is 0 Å². The van der Waals surface area contributed by atoms with Gasteiger partial charge < -0.3 is 4.74 Å². The summed E-state index contributed by atoms with van der Waals surface area (Å²) >= 11 is 0. The number of methoxy groups -OCH3 is 1. The highest BCUT2D eigenvalue weighted by molar-refractivity contribution is 5.85. The lowest BCUT2D eigenvalue weighted by atomic mass is 10.1. The van der Waals surface area contributed by atoms with Crippen molar-refractivity contribution in [1.29, 1.82) is 0 Å². The third-order valence-corrected chi connectivity index (χ3v) is 2.98. The monoisotopic (exact) mass is 277 g/mol. The summed E-state index contributed by atoms with van der Waals surface area (Å²) < 4.78 is 5.14. The molecule has 0 amide bonds. The van der Waals surface area contributed by atoms with E-state index in [1.807, 2.05) is 54.7 Å². The van der Waals surface area contributed by atoms with Crippen LogP contribution in [0.15, 0.2) is 53.5 Å². The number of hydrogen-bond donors (Lipinski definition) is 0. The van der Waals surface area contributed by atoms with Crippen LogP contribution in [-0.4, -0.2) is 13.3 Å². The fourth-order valence-corrected chi connectivity index (χ4v) is 1.82. The summed E-state index contributed by atoms with van der Waals surface area (Å²) in [7, 11) is 1.66. The lowest BCUT2D eigenvalue weighted by Gasteiger charge is -2.00. The highest BCUT2D eigenvalue weighted by Gasteiger charge is 1.96. The Kier molecular flexibility index (Phi) is 5.60. The third kappa shape index (κ3) is 4.50. The van der Waals surface area contributed by atoms with E-state index in [9.17, 15) is 0 Å². The average Bonchev–Trinajstić information content (AvgIpc) is 2.54. The van der Waals surface area contributed by atoms with Crippen molar-refractivity contribution in [3.63, 3.8) is 0 Å². The zero-order valence-electron chi connectivity index (χ0n) is 12.5. The van der Waals surface area contributed by atoms with Crippen molar-refractivity contribution in [3.05, 3.63) is 59.7 Å². The van der Waals surface area contributed by atoms with Gasteiger partial charge in [0.05, 0.1) is 12.8 Å². The van der Waals surface area contributed by atoms with Crippen LogP contribution in [0.4, 0.5) is 5.69 Å². The molecule has 0 radical (unpaired) electrons. The molecule has 0 aliphatic rings. The molecule has 0 spiro atoms. The number of nitrogens with zero attached hydrogens (tertiary/aromatic N) is 1. The Hall–Kier alpha value is -2.53. The Balaban J connectivity index is 2.18. The molecule has 0 heterocycles. The molecule has 0 saturated heterocycles. The van der Waals surface area contributed by atoms with Gasteiger partial charge in [0.15, 0.2) is 0 Å². The Morgan fingerprint density at radius 1 is 1.10 bits per heavy atom. The van der Waals surface area contributed by atoms with Gasteiger partial charge in [0.1, 0.15) is 5.75 Å². The van der Waals surface area contributed by atoms with Gasteiger partial charge in [-0.3, -0.25) is 4.99 Å². The fraction of sp³-hybridized carbons (Fsp3) is 0.211. The summed E-state index contributed by atoms with van der Waals surface area (Å²) in [6.07, 6.45) is 3.86. The van der Waals surface area contributed by atoms with Crippen molar-refractivity contribution in [1.82, 2.24) is 0 Å². The normalized spacial score (nSPS) is 10.2. The smallest absolute Gasteiger partial charge is 0.119 e. The number of ether oxygens (including phenoxy) is 1. The van der Waals surface area contributed by atoms with Crippen LogP contribution in [0.3, 0.4) is 0 Å². The van der Waals surface area contributed by atoms with Gasteiger partial charge in [-0.2, -0.15) is 0 Å². The van der Waals surface area contributed by atoms with Gasteiger partial charge in [-0.05, 0) is 36.8 Å². The molecule has 2 aromatic carbocycles. The lowest BCUT2D eigenvalue weighted by Crippen LogP contribution is -1.87. The summed E-state index contributed by atoms with van der Waals surface area (Å²) in [4.78, 5) is 4.49. The van der Waals surface area contributed by atoms with Crippen LogP contribution >= 0.6 is 0 Å². The van der Waals surface area contributed by atoms with E-state index in [2.05, 4.69) is 23.8 Å². The van der Waals surface area contributed by atoms with Gasteiger partial charge in [0.2, 0.25) is 0 Å². The maximum atomic E-state index is 5.14. The number of aliphatic imine (C=N–C) groups is 1. The quantitative estimate of drug-likeness (QED) is 0.591. The summed E-state index contributed by atoms with van der Waals surface area (Å²) in [5.74, 6) is 7.22. The van der Waals surface area contributed by atoms with Crippen molar-refractivity contribution in [2.24, 2.45) is 4.99 Å². The standard InChI is InChI=1S/C19H19NO/c1-3-4-5-8-16-9-6-7-10-17(16)15-20-18-11-13-19(21-2)14-12-18/h6-7,9-15H,3-4H2,1-2H3.